The van der Waals surface area contributed by atoms with E-state index in [0.29, 0.717) is 4.43 Å². The molecule has 0 aliphatic carbocycles. The smallest absolute Gasteiger partial charge is 0.309 e. The fourth-order valence-corrected chi connectivity index (χ4v) is 0.730. The highest BCUT2D eigenvalue weighted by Gasteiger charge is 2.10. The van der Waals surface area contributed by atoms with Crippen molar-refractivity contribution in [1.29, 1.82) is 0 Å². The van der Waals surface area contributed by atoms with Gasteiger partial charge in [-0.05, 0) is 0 Å². The highest BCUT2D eigenvalue weighted by molar-refractivity contribution is 14.1. The molecule has 8 N–H and O–H groups in total. The molecule has 0 saturated heterocycles. The minimum atomic E-state index is -0.833. The van der Waals surface area contributed by atoms with E-state index in [1.165, 1.54) is 0 Å². The third-order valence-corrected chi connectivity index (χ3v) is 2.45. The first kappa shape index (κ1) is 22.3. The Kier molecular flexibility index (Phi) is 21.1. The Labute approximate surface area is 124 Å². The van der Waals surface area contributed by atoms with Crippen molar-refractivity contribution in [3.63, 3.8) is 0 Å². The van der Waals surface area contributed by atoms with Crippen LogP contribution in [0.1, 0.15) is 0 Å². The molecule has 2 atom stereocenters. The SMILES string of the molecule is NC(=O)CI.NC(N)=O.OC(CS)C(O)CS. The van der Waals surface area contributed by atoms with Gasteiger partial charge in [0.25, 0.3) is 0 Å². The van der Waals surface area contributed by atoms with Gasteiger partial charge in [0, 0.05) is 11.5 Å². The average molecular weight is 399 g/mol. The summed E-state index contributed by atoms with van der Waals surface area (Å²) in [5.74, 6) is 0.300. The summed E-state index contributed by atoms with van der Waals surface area (Å²) < 4.78 is 0.414. The van der Waals surface area contributed by atoms with Crippen LogP contribution in [0.5, 0.6) is 0 Å². The van der Waals surface area contributed by atoms with E-state index in [-0.39, 0.29) is 17.4 Å². The van der Waals surface area contributed by atoms with Crippen LogP contribution in [0.4, 0.5) is 4.79 Å². The zero-order chi connectivity index (χ0) is 14.4. The van der Waals surface area contributed by atoms with E-state index in [2.05, 4.69) is 42.5 Å². The van der Waals surface area contributed by atoms with E-state index in [1.807, 2.05) is 22.6 Å². The lowest BCUT2D eigenvalue weighted by Gasteiger charge is -2.11. The van der Waals surface area contributed by atoms with Crippen molar-refractivity contribution in [2.45, 2.75) is 12.2 Å². The van der Waals surface area contributed by atoms with Gasteiger partial charge in [-0.1, -0.05) is 22.6 Å². The summed E-state index contributed by atoms with van der Waals surface area (Å²) in [6, 6.07) is -0.833. The van der Waals surface area contributed by atoms with Crippen molar-refractivity contribution in [2.75, 3.05) is 15.9 Å². The molecule has 2 unspecified atom stereocenters. The maximum absolute atomic E-state index is 9.58. The molecule has 0 saturated carbocycles. The fraction of sp³-hybridized carbons (Fsp3) is 0.714. The molecular weight excluding hydrogens is 381 g/mol. The number of thiol groups is 2. The number of hydrogen-bond acceptors (Lipinski definition) is 6. The number of aliphatic hydroxyl groups is 2. The van der Waals surface area contributed by atoms with Gasteiger partial charge in [0.05, 0.1) is 16.6 Å². The van der Waals surface area contributed by atoms with Gasteiger partial charge >= 0.3 is 6.03 Å². The van der Waals surface area contributed by atoms with Crippen LogP contribution >= 0.6 is 47.8 Å². The number of amides is 3. The van der Waals surface area contributed by atoms with Crippen LogP contribution in [-0.2, 0) is 4.79 Å². The number of primary amides is 3. The minimum absolute atomic E-state index is 0.259. The standard InChI is InChI=1S/C4H10O2S2.C2H4INO.CH4N2O/c5-3(1-7)4(6)2-8;3-1-2(4)5;2-1(3)4/h3-8H,1-2H2;1H2,(H2,4,5);(H4,2,3,4). The number of aliphatic hydroxyl groups excluding tert-OH is 2. The molecular formula is C7H18IN3O4S2. The van der Waals surface area contributed by atoms with E-state index in [0.717, 1.165) is 0 Å². The van der Waals surface area contributed by atoms with Gasteiger partial charge in [-0.2, -0.15) is 25.3 Å². The summed E-state index contributed by atoms with van der Waals surface area (Å²) >= 11 is 9.43. The van der Waals surface area contributed by atoms with Crippen LogP contribution in [0.3, 0.4) is 0 Å². The molecule has 104 valence electrons. The highest BCUT2D eigenvalue weighted by atomic mass is 127. The summed E-state index contributed by atoms with van der Waals surface area (Å²) in [5.41, 5.74) is 13.1. The number of carbonyl (C=O) groups is 2. The second kappa shape index (κ2) is 16.1. The van der Waals surface area contributed by atoms with Crippen molar-refractivity contribution < 1.29 is 19.8 Å². The Morgan fingerprint density at radius 3 is 1.29 bits per heavy atom. The predicted molar refractivity (Wildman–Crippen MR) is 81.6 cm³/mol. The van der Waals surface area contributed by atoms with Crippen molar-refractivity contribution in [2.24, 2.45) is 17.2 Å². The normalized spacial score (nSPS) is 12.1. The lowest BCUT2D eigenvalue weighted by molar-refractivity contribution is -0.115. The number of hydrogen-bond donors (Lipinski definition) is 7. The maximum atomic E-state index is 9.58. The van der Waals surface area contributed by atoms with Gasteiger partial charge in [-0.3, -0.25) is 4.79 Å². The number of urea groups is 1. The molecule has 0 bridgehead atoms. The van der Waals surface area contributed by atoms with Crippen LogP contribution < -0.4 is 17.2 Å². The van der Waals surface area contributed by atoms with E-state index in [1.54, 1.807) is 0 Å². The molecule has 10 heteroatoms. The molecule has 3 amide bonds. The molecule has 7 nitrogen and oxygen atoms in total. The predicted octanol–water partition coefficient (Wildman–Crippen LogP) is -1.50. The van der Waals surface area contributed by atoms with Crippen LogP contribution in [0.2, 0.25) is 0 Å². The molecule has 0 fully saturated rings. The zero-order valence-electron chi connectivity index (χ0n) is 8.99. The first-order valence-electron chi connectivity index (χ1n) is 4.19. The molecule has 0 aromatic rings. The Morgan fingerprint density at radius 1 is 1.06 bits per heavy atom. The molecule has 0 aliphatic rings. The van der Waals surface area contributed by atoms with Gasteiger partial charge < -0.3 is 27.4 Å². The lowest BCUT2D eigenvalue weighted by Crippen LogP contribution is -2.28. The van der Waals surface area contributed by atoms with Crippen molar-refractivity contribution in [3.8, 4) is 0 Å². The largest absolute Gasteiger partial charge is 0.390 e. The molecule has 0 aromatic heterocycles. The zero-order valence-corrected chi connectivity index (χ0v) is 12.9. The topological polar surface area (TPSA) is 153 Å². The number of rotatable bonds is 4. The Balaban J connectivity index is -0.000000188. The highest BCUT2D eigenvalue weighted by Crippen LogP contribution is 1.96. The lowest BCUT2D eigenvalue weighted by atomic mass is 10.3. The monoisotopic (exact) mass is 399 g/mol. The van der Waals surface area contributed by atoms with Gasteiger partial charge in [0.15, 0.2) is 0 Å². The van der Waals surface area contributed by atoms with Gasteiger partial charge in [-0.15, -0.1) is 0 Å². The Morgan fingerprint density at radius 2 is 1.24 bits per heavy atom. The Hall–Kier alpha value is 0.0900. The number of nitrogens with two attached hydrogens (primary N) is 3. The van der Waals surface area contributed by atoms with E-state index >= 15 is 0 Å². The summed E-state index contributed by atoms with van der Waals surface area (Å²) in [4.78, 5) is 18.6. The number of halogens is 1. The van der Waals surface area contributed by atoms with Crippen LogP contribution in [-0.4, -0.2) is 50.3 Å². The molecule has 17 heavy (non-hydrogen) atoms. The van der Waals surface area contributed by atoms with Crippen LogP contribution in [0, 0.1) is 0 Å². The molecule has 0 spiro atoms. The third kappa shape index (κ3) is 31.4. The number of carbonyl (C=O) groups excluding carboxylic acids is 2. The molecule has 0 radical (unpaired) electrons. The quantitative estimate of drug-likeness (QED) is 0.175. The average Bonchev–Trinajstić information content (AvgIpc) is 2.26. The van der Waals surface area contributed by atoms with E-state index in [9.17, 15) is 4.79 Å². The van der Waals surface area contributed by atoms with Crippen molar-refractivity contribution in [1.82, 2.24) is 0 Å². The first-order chi connectivity index (χ1) is 7.72. The first-order valence-corrected chi connectivity index (χ1v) is 6.98. The van der Waals surface area contributed by atoms with E-state index < -0.39 is 18.2 Å². The molecule has 0 aliphatic heterocycles. The van der Waals surface area contributed by atoms with Crippen molar-refractivity contribution in [3.05, 3.63) is 0 Å². The molecule has 0 aromatic carbocycles. The summed E-state index contributed by atoms with van der Waals surface area (Å²) in [5, 5.41) is 17.5. The van der Waals surface area contributed by atoms with Gasteiger partial charge in [0.2, 0.25) is 5.91 Å². The molecule has 0 heterocycles. The summed E-state index contributed by atoms with van der Waals surface area (Å²) in [6.45, 7) is 0. The third-order valence-electron chi connectivity index (χ3n) is 0.950. The number of alkyl halides is 1. The fourth-order valence-electron chi connectivity index (χ4n) is 0.243. The minimum Gasteiger partial charge on any atom is -0.390 e. The molecule has 0 rings (SSSR count). The van der Waals surface area contributed by atoms with Crippen LogP contribution in [0.15, 0.2) is 0 Å². The van der Waals surface area contributed by atoms with Crippen molar-refractivity contribution >= 4 is 59.8 Å². The summed E-state index contributed by atoms with van der Waals surface area (Å²) in [6.07, 6.45) is -1.48. The van der Waals surface area contributed by atoms with Gasteiger partial charge in [0.1, 0.15) is 0 Å². The maximum Gasteiger partial charge on any atom is 0.309 e. The second-order valence-electron chi connectivity index (χ2n) is 2.50. The Bertz CT molecular complexity index is 200. The van der Waals surface area contributed by atoms with E-state index in [4.69, 9.17) is 15.0 Å². The van der Waals surface area contributed by atoms with Crippen LogP contribution in [0.25, 0.3) is 0 Å². The second-order valence-corrected chi connectivity index (χ2v) is 4.00. The van der Waals surface area contributed by atoms with Gasteiger partial charge in [-0.25, -0.2) is 4.79 Å². The summed E-state index contributed by atoms with van der Waals surface area (Å²) in [7, 11) is 0.